The Morgan fingerprint density at radius 1 is 1.35 bits per heavy atom. The van der Waals surface area contributed by atoms with Crippen molar-refractivity contribution in [3.63, 3.8) is 0 Å². The summed E-state index contributed by atoms with van der Waals surface area (Å²) in [4.78, 5) is 0. The van der Waals surface area contributed by atoms with Gasteiger partial charge in [0.2, 0.25) is 0 Å². The highest BCUT2D eigenvalue weighted by Crippen LogP contribution is 2.28. The molecule has 17 heavy (non-hydrogen) atoms. The summed E-state index contributed by atoms with van der Waals surface area (Å²) in [5.74, 6) is 1.92. The van der Waals surface area contributed by atoms with Crippen LogP contribution in [0.5, 0.6) is 0 Å². The minimum Gasteiger partial charge on any atom is -0.310 e. The molecule has 1 aliphatic carbocycles. The van der Waals surface area contributed by atoms with Crippen molar-refractivity contribution in [2.75, 3.05) is 6.54 Å². The first-order valence-electron chi connectivity index (χ1n) is 6.86. The van der Waals surface area contributed by atoms with E-state index in [-0.39, 0.29) is 0 Å². The van der Waals surface area contributed by atoms with Crippen LogP contribution in [0.1, 0.15) is 51.3 Å². The van der Waals surface area contributed by atoms with Gasteiger partial charge in [0.1, 0.15) is 0 Å². The van der Waals surface area contributed by atoms with Gasteiger partial charge in [-0.2, -0.15) is 0 Å². The molecule has 0 aromatic carbocycles. The lowest BCUT2D eigenvalue weighted by Crippen LogP contribution is -2.17. The monoisotopic (exact) mass is 237 g/mol. The average molecular weight is 237 g/mol. The predicted octanol–water partition coefficient (Wildman–Crippen LogP) is 1.75. The highest BCUT2D eigenvalue weighted by molar-refractivity contribution is 4.79. The molecule has 1 heterocycles. The van der Waals surface area contributed by atoms with Crippen molar-refractivity contribution in [2.45, 2.75) is 58.5 Å². The maximum Gasteiger partial charge on any atom is 0.165 e. The molecule has 0 radical (unpaired) electrons. The Bertz CT molecular complexity index is 316. The Morgan fingerprint density at radius 3 is 2.94 bits per heavy atom. The number of hydrogen-bond acceptors (Lipinski definition) is 4. The van der Waals surface area contributed by atoms with Crippen LogP contribution in [0.15, 0.2) is 0 Å². The van der Waals surface area contributed by atoms with Crippen molar-refractivity contribution >= 4 is 0 Å². The van der Waals surface area contributed by atoms with Gasteiger partial charge in [-0.15, -0.1) is 5.10 Å². The summed E-state index contributed by atoms with van der Waals surface area (Å²) in [5, 5.41) is 15.1. The number of aromatic nitrogens is 4. The van der Waals surface area contributed by atoms with Gasteiger partial charge in [0, 0.05) is 6.54 Å². The van der Waals surface area contributed by atoms with E-state index in [1.165, 1.54) is 38.5 Å². The number of hydrogen-bond donors (Lipinski definition) is 1. The van der Waals surface area contributed by atoms with Gasteiger partial charge in [0.15, 0.2) is 5.82 Å². The molecule has 1 aromatic heterocycles. The van der Waals surface area contributed by atoms with Crippen molar-refractivity contribution in [3.8, 4) is 0 Å². The van der Waals surface area contributed by atoms with Gasteiger partial charge >= 0.3 is 0 Å². The second-order valence-electron chi connectivity index (χ2n) is 4.89. The molecule has 1 aliphatic rings. The number of nitrogens with zero attached hydrogens (tertiary/aromatic N) is 4. The van der Waals surface area contributed by atoms with Crippen molar-refractivity contribution in [2.24, 2.45) is 5.92 Å². The summed E-state index contributed by atoms with van der Waals surface area (Å²) in [5.41, 5.74) is 0. The first-order chi connectivity index (χ1) is 8.40. The first kappa shape index (κ1) is 12.5. The molecule has 96 valence electrons. The number of aryl methyl sites for hydroxylation is 1. The first-order valence-corrected chi connectivity index (χ1v) is 6.86. The van der Waals surface area contributed by atoms with Crippen LogP contribution < -0.4 is 5.32 Å². The standard InChI is InChI=1S/C12H23N5/c1-2-13-10-12-14-15-16-17(12)9-5-8-11-6-3-4-7-11/h11,13H,2-10H2,1H3. The molecule has 5 heteroatoms. The van der Waals surface area contributed by atoms with E-state index in [1.807, 2.05) is 4.68 Å². The number of nitrogens with one attached hydrogen (secondary N) is 1. The van der Waals surface area contributed by atoms with E-state index in [2.05, 4.69) is 27.8 Å². The van der Waals surface area contributed by atoms with E-state index >= 15 is 0 Å². The third kappa shape index (κ3) is 3.77. The van der Waals surface area contributed by atoms with Crippen molar-refractivity contribution in [3.05, 3.63) is 5.82 Å². The Labute approximate surface area is 103 Å². The zero-order chi connectivity index (χ0) is 11.9. The fraction of sp³-hybridized carbons (Fsp3) is 0.917. The molecular formula is C12H23N5. The van der Waals surface area contributed by atoms with E-state index in [0.717, 1.165) is 31.4 Å². The molecule has 1 N–H and O–H groups in total. The quantitative estimate of drug-likeness (QED) is 0.785. The van der Waals surface area contributed by atoms with Gasteiger partial charge in [-0.3, -0.25) is 0 Å². The highest BCUT2D eigenvalue weighted by atomic mass is 15.5. The average Bonchev–Trinajstić information content (AvgIpc) is 2.98. The molecular weight excluding hydrogens is 214 g/mol. The normalized spacial score (nSPS) is 16.8. The molecule has 5 nitrogen and oxygen atoms in total. The van der Waals surface area contributed by atoms with Crippen molar-refractivity contribution < 1.29 is 0 Å². The van der Waals surface area contributed by atoms with Gasteiger partial charge in [-0.25, -0.2) is 4.68 Å². The molecule has 1 aromatic rings. The third-order valence-corrected chi connectivity index (χ3v) is 3.60. The van der Waals surface area contributed by atoms with Crippen LogP contribution in [-0.4, -0.2) is 26.8 Å². The largest absolute Gasteiger partial charge is 0.310 e. The fourth-order valence-electron chi connectivity index (χ4n) is 2.59. The van der Waals surface area contributed by atoms with Crippen LogP contribution in [0.2, 0.25) is 0 Å². The van der Waals surface area contributed by atoms with Gasteiger partial charge in [-0.05, 0) is 35.7 Å². The van der Waals surface area contributed by atoms with Crippen LogP contribution in [0.4, 0.5) is 0 Å². The minimum absolute atomic E-state index is 0.771. The minimum atomic E-state index is 0.771. The summed E-state index contributed by atoms with van der Waals surface area (Å²) in [6, 6.07) is 0. The lowest BCUT2D eigenvalue weighted by atomic mass is 10.0. The van der Waals surface area contributed by atoms with Gasteiger partial charge in [0.05, 0.1) is 6.54 Å². The summed E-state index contributed by atoms with van der Waals surface area (Å²) >= 11 is 0. The van der Waals surface area contributed by atoms with E-state index in [4.69, 9.17) is 0 Å². The molecule has 2 rings (SSSR count). The summed E-state index contributed by atoms with van der Waals surface area (Å²) in [7, 11) is 0. The van der Waals surface area contributed by atoms with Crippen LogP contribution in [0.3, 0.4) is 0 Å². The molecule has 1 fully saturated rings. The lowest BCUT2D eigenvalue weighted by Gasteiger charge is -2.09. The zero-order valence-corrected chi connectivity index (χ0v) is 10.7. The summed E-state index contributed by atoms with van der Waals surface area (Å²) in [6.45, 7) is 4.78. The SMILES string of the molecule is CCNCc1nnnn1CCCC1CCCC1. The maximum absolute atomic E-state index is 4.05. The highest BCUT2D eigenvalue weighted by Gasteiger charge is 2.14. The molecule has 1 saturated carbocycles. The smallest absolute Gasteiger partial charge is 0.165 e. The fourth-order valence-corrected chi connectivity index (χ4v) is 2.59. The lowest BCUT2D eigenvalue weighted by molar-refractivity contribution is 0.434. The van der Waals surface area contributed by atoms with Crippen LogP contribution >= 0.6 is 0 Å². The van der Waals surface area contributed by atoms with E-state index in [0.29, 0.717) is 0 Å². The Morgan fingerprint density at radius 2 is 2.18 bits per heavy atom. The number of tetrazole rings is 1. The second-order valence-corrected chi connectivity index (χ2v) is 4.89. The summed E-state index contributed by atoms with van der Waals surface area (Å²) < 4.78 is 1.94. The Kier molecular flexibility index (Phi) is 4.91. The Balaban J connectivity index is 1.72. The molecule has 0 amide bonds. The zero-order valence-electron chi connectivity index (χ0n) is 10.7. The van der Waals surface area contributed by atoms with Crippen molar-refractivity contribution in [1.82, 2.24) is 25.5 Å². The predicted molar refractivity (Wildman–Crippen MR) is 66.4 cm³/mol. The van der Waals surface area contributed by atoms with E-state index in [1.54, 1.807) is 0 Å². The van der Waals surface area contributed by atoms with E-state index in [9.17, 15) is 0 Å². The van der Waals surface area contributed by atoms with Crippen molar-refractivity contribution in [1.29, 1.82) is 0 Å². The van der Waals surface area contributed by atoms with Crippen LogP contribution in [-0.2, 0) is 13.1 Å². The van der Waals surface area contributed by atoms with Gasteiger partial charge < -0.3 is 5.32 Å². The summed E-state index contributed by atoms with van der Waals surface area (Å²) in [6.07, 6.45) is 8.26. The van der Waals surface area contributed by atoms with Crippen LogP contribution in [0.25, 0.3) is 0 Å². The molecule has 0 spiro atoms. The second kappa shape index (κ2) is 6.69. The number of rotatable bonds is 7. The maximum atomic E-state index is 4.05. The molecule has 0 bridgehead atoms. The molecule has 0 aliphatic heterocycles. The molecule has 0 unspecified atom stereocenters. The van der Waals surface area contributed by atoms with Gasteiger partial charge in [-0.1, -0.05) is 32.6 Å². The van der Waals surface area contributed by atoms with Gasteiger partial charge in [0.25, 0.3) is 0 Å². The third-order valence-electron chi connectivity index (χ3n) is 3.60. The molecule has 0 saturated heterocycles. The van der Waals surface area contributed by atoms with E-state index < -0.39 is 0 Å². The Hall–Kier alpha value is -0.970. The molecule has 0 atom stereocenters. The topological polar surface area (TPSA) is 55.6 Å². The van der Waals surface area contributed by atoms with Crippen LogP contribution in [0, 0.1) is 5.92 Å².